The Labute approximate surface area is 485 Å². The molecule has 0 saturated heterocycles. The van der Waals surface area contributed by atoms with Crippen LogP contribution in [-0.2, 0) is 0 Å². The summed E-state index contributed by atoms with van der Waals surface area (Å²) in [5.74, 6) is 1.89. The Morgan fingerprint density at radius 2 is 0.560 bits per heavy atom. The van der Waals surface area contributed by atoms with Gasteiger partial charge in [0.1, 0.15) is 11.6 Å². The lowest BCUT2D eigenvalue weighted by molar-refractivity contribution is 0.997. The van der Waals surface area contributed by atoms with Crippen LogP contribution in [0, 0.1) is 0 Å². The number of fused-ring (bicyclic) bond motifs is 9. The summed E-state index contributed by atoms with van der Waals surface area (Å²) in [5.41, 5.74) is 15.6. The Kier molecular flexibility index (Phi) is 11.7. The summed E-state index contributed by atoms with van der Waals surface area (Å²) in [6.07, 6.45) is 0. The standard InChI is InChI=1S/C76H52N8/c1-7-25-53(26-8-1)79(54-27-9-2-10-28-54)61-43-46-65-62-37-19-24-42-70(62)84(73(65)51-61)75-52-74(80(55-29-11-3-12-30-55)59-44-47-71-66(49-59)63-38-20-22-40-68(63)82(71)57-33-15-5-16-34-57)77-76(78-75)81(56-31-13-4-14-32-56)60-45-48-72-67(50-60)64-39-21-23-41-69(64)83(72)58-35-17-6-18-36-58/h1-52H. The highest BCUT2D eigenvalue weighted by Gasteiger charge is 2.27. The van der Waals surface area contributed by atoms with E-state index in [1.165, 1.54) is 0 Å². The van der Waals surface area contributed by atoms with Gasteiger partial charge >= 0.3 is 0 Å². The largest absolute Gasteiger partial charge is 0.310 e. The van der Waals surface area contributed by atoms with Crippen molar-refractivity contribution in [3.63, 3.8) is 0 Å². The second kappa shape index (κ2) is 20.3. The number of rotatable bonds is 12. The SMILES string of the molecule is c1ccc(N(c2ccccc2)c2ccc3c4ccccc4n(-c4cc(N(c5ccccc5)c5ccc6c(c5)c5ccccc5n6-c5ccccc5)nc(N(c5ccccc5)c5ccc6c(c5)c5ccccc5n6-c5ccccc5)n4)c3c2)cc1. The molecule has 0 spiro atoms. The summed E-state index contributed by atoms with van der Waals surface area (Å²) in [7, 11) is 0. The molecule has 12 aromatic carbocycles. The van der Waals surface area contributed by atoms with Crippen molar-refractivity contribution < 1.29 is 0 Å². The molecule has 84 heavy (non-hydrogen) atoms. The number of aromatic nitrogens is 5. The Morgan fingerprint density at radius 3 is 1.05 bits per heavy atom. The maximum atomic E-state index is 5.84. The van der Waals surface area contributed by atoms with Gasteiger partial charge in [-0.2, -0.15) is 9.97 Å². The van der Waals surface area contributed by atoms with Crippen molar-refractivity contribution in [2.45, 2.75) is 0 Å². The summed E-state index contributed by atoms with van der Waals surface area (Å²) >= 11 is 0. The molecule has 4 aromatic heterocycles. The number of nitrogens with zero attached hydrogens (tertiary/aromatic N) is 8. The molecule has 0 unspecified atom stereocenters. The zero-order chi connectivity index (χ0) is 55.5. The summed E-state index contributed by atoms with van der Waals surface area (Å²) in [6.45, 7) is 0. The van der Waals surface area contributed by atoms with Crippen LogP contribution in [0.2, 0.25) is 0 Å². The topological polar surface area (TPSA) is 50.3 Å². The zero-order valence-corrected chi connectivity index (χ0v) is 45.6. The predicted octanol–water partition coefficient (Wildman–Crippen LogP) is 20.2. The monoisotopic (exact) mass is 1080 g/mol. The summed E-state index contributed by atoms with van der Waals surface area (Å²) in [4.78, 5) is 18.5. The molecule has 4 heterocycles. The van der Waals surface area contributed by atoms with E-state index in [0.29, 0.717) is 17.6 Å². The average molecular weight is 1080 g/mol. The van der Waals surface area contributed by atoms with Crippen molar-refractivity contribution in [1.29, 1.82) is 0 Å². The van der Waals surface area contributed by atoms with Gasteiger partial charge in [0.2, 0.25) is 5.95 Å². The fraction of sp³-hybridized carbons (Fsp3) is 0. The minimum atomic E-state index is 0.500. The molecule has 0 N–H and O–H groups in total. The number of benzene rings is 12. The average Bonchev–Trinajstić information content (AvgIpc) is 3.59. The molecule has 396 valence electrons. The number of hydrogen-bond donors (Lipinski definition) is 0. The van der Waals surface area contributed by atoms with Gasteiger partial charge in [-0.3, -0.25) is 14.4 Å². The van der Waals surface area contributed by atoms with Crippen LogP contribution < -0.4 is 14.7 Å². The summed E-state index contributed by atoms with van der Waals surface area (Å²) in [6, 6.07) is 112. The quantitative estimate of drug-likeness (QED) is 0.122. The molecule has 0 amide bonds. The van der Waals surface area contributed by atoms with Crippen LogP contribution in [0.4, 0.5) is 51.6 Å². The highest BCUT2D eigenvalue weighted by Crippen LogP contribution is 2.45. The third-order valence-electron chi connectivity index (χ3n) is 16.2. The fourth-order valence-electron chi connectivity index (χ4n) is 12.5. The summed E-state index contributed by atoms with van der Waals surface area (Å²) in [5, 5.41) is 6.80. The van der Waals surface area contributed by atoms with E-state index in [-0.39, 0.29) is 0 Å². The van der Waals surface area contributed by atoms with Crippen molar-refractivity contribution in [2.75, 3.05) is 14.7 Å². The Morgan fingerprint density at radius 1 is 0.214 bits per heavy atom. The molecule has 8 heteroatoms. The van der Waals surface area contributed by atoms with Crippen molar-refractivity contribution in [3.05, 3.63) is 315 Å². The minimum Gasteiger partial charge on any atom is -0.310 e. The van der Waals surface area contributed by atoms with E-state index in [9.17, 15) is 0 Å². The van der Waals surface area contributed by atoms with Gasteiger partial charge in [-0.05, 0) is 140 Å². The molecule has 16 aromatic rings. The maximum Gasteiger partial charge on any atom is 0.238 e. The van der Waals surface area contributed by atoms with Gasteiger partial charge < -0.3 is 14.0 Å². The number of hydrogen-bond acceptors (Lipinski definition) is 5. The second-order valence-electron chi connectivity index (χ2n) is 21.1. The molecule has 0 aliphatic rings. The smallest absolute Gasteiger partial charge is 0.238 e. The molecular formula is C76H52N8. The highest BCUT2D eigenvalue weighted by molar-refractivity contribution is 6.13. The second-order valence-corrected chi connectivity index (χ2v) is 21.1. The van der Waals surface area contributed by atoms with Crippen molar-refractivity contribution in [2.24, 2.45) is 0 Å². The van der Waals surface area contributed by atoms with E-state index in [4.69, 9.17) is 9.97 Å². The van der Waals surface area contributed by atoms with Gasteiger partial charge in [-0.15, -0.1) is 0 Å². The molecule has 0 bridgehead atoms. The molecule has 0 radical (unpaired) electrons. The molecule has 0 saturated carbocycles. The zero-order valence-electron chi connectivity index (χ0n) is 45.6. The van der Waals surface area contributed by atoms with Gasteiger partial charge in [-0.25, -0.2) is 0 Å². The lowest BCUT2D eigenvalue weighted by Crippen LogP contribution is -2.18. The van der Waals surface area contributed by atoms with Crippen LogP contribution in [0.15, 0.2) is 315 Å². The van der Waals surface area contributed by atoms with E-state index >= 15 is 0 Å². The fourth-order valence-corrected chi connectivity index (χ4v) is 12.5. The van der Waals surface area contributed by atoms with Crippen molar-refractivity contribution in [3.8, 4) is 17.2 Å². The summed E-state index contributed by atoms with van der Waals surface area (Å²) < 4.78 is 7.05. The normalized spacial score (nSPS) is 11.6. The van der Waals surface area contributed by atoms with E-state index < -0.39 is 0 Å². The lowest BCUT2D eigenvalue weighted by atomic mass is 10.1. The third kappa shape index (κ3) is 8.15. The molecule has 0 atom stereocenters. The first kappa shape index (κ1) is 48.4. The maximum absolute atomic E-state index is 5.84. The third-order valence-corrected chi connectivity index (χ3v) is 16.2. The van der Waals surface area contributed by atoms with Crippen LogP contribution in [0.5, 0.6) is 0 Å². The van der Waals surface area contributed by atoms with Crippen molar-refractivity contribution in [1.82, 2.24) is 23.7 Å². The Hall–Kier alpha value is -11.5. The first-order chi connectivity index (χ1) is 41.7. The lowest BCUT2D eigenvalue weighted by Gasteiger charge is -2.28. The molecule has 16 rings (SSSR count). The Balaban J connectivity index is 0.982. The van der Waals surface area contributed by atoms with E-state index in [0.717, 1.165) is 117 Å². The van der Waals surface area contributed by atoms with Crippen molar-refractivity contribution >= 4 is 117 Å². The van der Waals surface area contributed by atoms with Gasteiger partial charge in [0.25, 0.3) is 0 Å². The molecule has 0 aliphatic heterocycles. The minimum absolute atomic E-state index is 0.500. The predicted molar refractivity (Wildman–Crippen MR) is 349 cm³/mol. The number of anilines is 9. The van der Waals surface area contributed by atoms with Crippen LogP contribution in [0.25, 0.3) is 82.6 Å². The van der Waals surface area contributed by atoms with E-state index in [1.807, 2.05) is 0 Å². The van der Waals surface area contributed by atoms with Crippen LogP contribution in [0.1, 0.15) is 0 Å². The van der Waals surface area contributed by atoms with Gasteiger partial charge in [0.05, 0.1) is 33.1 Å². The molecular weight excluding hydrogens is 1020 g/mol. The number of para-hydroxylation sites is 9. The molecule has 0 aliphatic carbocycles. The van der Waals surface area contributed by atoms with Crippen LogP contribution in [0.3, 0.4) is 0 Å². The van der Waals surface area contributed by atoms with Gasteiger partial charge in [-0.1, -0.05) is 170 Å². The first-order valence-electron chi connectivity index (χ1n) is 28.4. The Bertz CT molecular complexity index is 4820. The van der Waals surface area contributed by atoms with Gasteiger partial charge in [0, 0.05) is 89.6 Å². The van der Waals surface area contributed by atoms with E-state index in [1.54, 1.807) is 0 Å². The van der Waals surface area contributed by atoms with Gasteiger partial charge in [0.15, 0.2) is 0 Å². The molecule has 0 fully saturated rings. The van der Waals surface area contributed by atoms with Crippen LogP contribution >= 0.6 is 0 Å². The highest BCUT2D eigenvalue weighted by atomic mass is 15.3. The van der Waals surface area contributed by atoms with E-state index in [2.05, 4.69) is 344 Å². The molecule has 8 nitrogen and oxygen atoms in total. The first-order valence-corrected chi connectivity index (χ1v) is 28.4. The van der Waals surface area contributed by atoms with Crippen LogP contribution in [-0.4, -0.2) is 23.7 Å².